The van der Waals surface area contributed by atoms with Gasteiger partial charge in [-0.25, -0.2) is 14.4 Å². The molecule has 0 unspecified atom stereocenters. The first-order valence-electron chi connectivity index (χ1n) is 12.7. The van der Waals surface area contributed by atoms with Crippen molar-refractivity contribution in [2.75, 3.05) is 14.2 Å². The van der Waals surface area contributed by atoms with Gasteiger partial charge < -0.3 is 18.8 Å². The van der Waals surface area contributed by atoms with Crippen LogP contribution in [0.25, 0.3) is 38.0 Å². The van der Waals surface area contributed by atoms with E-state index in [0.29, 0.717) is 49.6 Å². The zero-order valence-electron chi connectivity index (χ0n) is 23.0. The largest absolute Gasteiger partial charge is 0.486 e. The number of nitrogens with zero attached hydrogens (tertiary/aromatic N) is 5. The van der Waals surface area contributed by atoms with Crippen molar-refractivity contribution in [3.63, 3.8) is 0 Å². The van der Waals surface area contributed by atoms with Crippen molar-refractivity contribution in [2.45, 2.75) is 32.9 Å². The predicted molar refractivity (Wildman–Crippen MR) is 156 cm³/mol. The summed E-state index contributed by atoms with van der Waals surface area (Å²) < 4.78 is 33.3. The predicted octanol–water partition coefficient (Wildman–Crippen LogP) is 6.92. The highest BCUT2D eigenvalue weighted by Gasteiger charge is 2.23. The lowest BCUT2D eigenvalue weighted by Gasteiger charge is -2.32. The van der Waals surface area contributed by atoms with Gasteiger partial charge in [0.05, 0.1) is 24.4 Å². The van der Waals surface area contributed by atoms with Gasteiger partial charge in [0.25, 0.3) is 11.1 Å². The molecule has 6 rings (SSSR count). The van der Waals surface area contributed by atoms with E-state index in [2.05, 4.69) is 15.1 Å². The topological polar surface area (TPSA) is 95.0 Å². The maximum Gasteiger partial charge on any atom is 0.294 e. The minimum atomic E-state index is -0.479. The lowest BCUT2D eigenvalue weighted by Crippen LogP contribution is -2.42. The molecular weight excluding hydrogens is 565 g/mol. The van der Waals surface area contributed by atoms with E-state index in [1.165, 1.54) is 34.8 Å². The molecule has 0 radical (unpaired) electrons. The van der Waals surface area contributed by atoms with Crippen LogP contribution in [0.3, 0.4) is 0 Å². The zero-order valence-corrected chi connectivity index (χ0v) is 24.6. The third kappa shape index (κ3) is 5.16. The average molecular weight is 592 g/mol. The van der Waals surface area contributed by atoms with Crippen LogP contribution in [-0.4, -0.2) is 50.1 Å². The molecule has 0 aliphatic rings. The van der Waals surface area contributed by atoms with Crippen LogP contribution >= 0.6 is 22.7 Å². The Balaban J connectivity index is 1.20. The first-order valence-corrected chi connectivity index (χ1v) is 14.4. The third-order valence-electron chi connectivity index (χ3n) is 6.68. The zero-order chi connectivity index (χ0) is 28.9. The Bertz CT molecular complexity index is 1880. The molecule has 0 saturated carbocycles. The van der Waals surface area contributed by atoms with Crippen molar-refractivity contribution in [3.05, 3.63) is 71.1 Å². The van der Waals surface area contributed by atoms with E-state index in [1.54, 1.807) is 35.8 Å². The van der Waals surface area contributed by atoms with E-state index in [0.717, 1.165) is 10.6 Å². The van der Waals surface area contributed by atoms with Gasteiger partial charge in [-0.15, -0.1) is 16.4 Å². The molecule has 210 valence electrons. The summed E-state index contributed by atoms with van der Waals surface area (Å²) in [5.41, 5.74) is 2.90. The Hall–Kier alpha value is -4.29. The maximum atomic E-state index is 14.5. The summed E-state index contributed by atoms with van der Waals surface area (Å²) in [4.78, 5) is 24.2. The molecule has 0 fully saturated rings. The monoisotopic (exact) mass is 591 g/mol. The minimum Gasteiger partial charge on any atom is -0.486 e. The van der Waals surface area contributed by atoms with E-state index in [1.807, 2.05) is 50.4 Å². The number of rotatable bonds is 7. The molecule has 9 nitrogen and oxygen atoms in total. The number of ether oxygens (including phenoxy) is 2. The summed E-state index contributed by atoms with van der Waals surface area (Å²) in [6.07, 6.45) is 1.65. The number of carbonyl (C=O) groups excluding carboxylic acids is 1. The fourth-order valence-corrected chi connectivity index (χ4v) is 5.66. The number of fused-ring (bicyclic) bond motifs is 2. The van der Waals surface area contributed by atoms with E-state index in [-0.39, 0.29) is 18.1 Å². The Morgan fingerprint density at radius 3 is 2.68 bits per heavy atom. The summed E-state index contributed by atoms with van der Waals surface area (Å²) in [5, 5.41) is 8.16. The smallest absolute Gasteiger partial charge is 0.294 e. The number of methoxy groups -OCH3 is 1. The highest BCUT2D eigenvalue weighted by Crippen LogP contribution is 2.36. The molecule has 41 heavy (non-hydrogen) atoms. The Kier molecular flexibility index (Phi) is 6.74. The lowest BCUT2D eigenvalue weighted by molar-refractivity contribution is 0.0656. The first-order chi connectivity index (χ1) is 19.6. The van der Waals surface area contributed by atoms with Crippen molar-refractivity contribution >= 4 is 44.5 Å². The van der Waals surface area contributed by atoms with Gasteiger partial charge >= 0.3 is 0 Å². The minimum absolute atomic E-state index is 0.0370. The molecule has 6 aromatic rings. The molecule has 12 heteroatoms. The number of halogens is 1. The number of aromatic nitrogens is 4. The Labute approximate surface area is 242 Å². The van der Waals surface area contributed by atoms with Crippen molar-refractivity contribution in [1.29, 1.82) is 0 Å². The number of hydrogen-bond donors (Lipinski definition) is 0. The van der Waals surface area contributed by atoms with Gasteiger partial charge in [0.15, 0.2) is 5.76 Å². The highest BCUT2D eigenvalue weighted by molar-refractivity contribution is 7.18. The van der Waals surface area contributed by atoms with Gasteiger partial charge in [-0.05, 0) is 50.3 Å². The van der Waals surface area contributed by atoms with E-state index in [9.17, 15) is 9.18 Å². The van der Waals surface area contributed by atoms with Crippen LogP contribution in [0.5, 0.6) is 10.9 Å². The summed E-state index contributed by atoms with van der Waals surface area (Å²) in [6.45, 7) is 6.13. The second kappa shape index (κ2) is 10.3. The number of hydrogen-bond acceptors (Lipinski definition) is 9. The number of thiazole rings is 1. The number of imidazole rings is 1. The fourth-order valence-electron chi connectivity index (χ4n) is 4.16. The average Bonchev–Trinajstić information content (AvgIpc) is 3.73. The molecule has 0 atom stereocenters. The normalized spacial score (nSPS) is 11.9. The lowest BCUT2D eigenvalue weighted by atomic mass is 10.0. The van der Waals surface area contributed by atoms with E-state index in [4.69, 9.17) is 13.9 Å². The summed E-state index contributed by atoms with van der Waals surface area (Å²) in [6, 6.07) is 11.8. The molecule has 0 saturated heterocycles. The third-order valence-corrected chi connectivity index (χ3v) is 8.50. The Morgan fingerprint density at radius 2 is 1.95 bits per heavy atom. The molecular formula is C29H26FN5O4S2. The Morgan fingerprint density at radius 1 is 1.17 bits per heavy atom. The van der Waals surface area contributed by atoms with Gasteiger partial charge in [-0.2, -0.15) is 4.52 Å². The summed E-state index contributed by atoms with van der Waals surface area (Å²) >= 11 is 2.78. The number of carbonyl (C=O) groups is 1. The molecule has 1 amide bonds. The molecule has 0 aliphatic heterocycles. The van der Waals surface area contributed by atoms with Gasteiger partial charge in [0.2, 0.25) is 4.96 Å². The molecule has 0 bridgehead atoms. The van der Waals surface area contributed by atoms with Crippen molar-refractivity contribution in [2.24, 2.45) is 0 Å². The van der Waals surface area contributed by atoms with Crippen molar-refractivity contribution in [3.8, 4) is 33.0 Å². The van der Waals surface area contributed by atoms with Gasteiger partial charge in [0.1, 0.15) is 34.5 Å². The van der Waals surface area contributed by atoms with Gasteiger partial charge in [-0.1, -0.05) is 12.1 Å². The molecule has 0 spiro atoms. The molecule has 4 heterocycles. The molecule has 0 aliphatic carbocycles. The molecule has 4 aromatic heterocycles. The van der Waals surface area contributed by atoms with Gasteiger partial charge in [0, 0.05) is 41.2 Å². The molecule has 2 aromatic carbocycles. The molecule has 0 N–H and O–H groups in total. The van der Waals surface area contributed by atoms with Crippen LogP contribution in [-0.2, 0) is 6.61 Å². The van der Waals surface area contributed by atoms with Gasteiger partial charge in [-0.3, -0.25) is 4.79 Å². The SMILES string of the molecule is COc1nn2c(-c3cc4c(OCc5csc(-c6ccc(C(=O)N(C)C(C)(C)C)cc6)n5)cc(F)cc4o3)cnc2s1. The standard InChI is InChI=1S/C29H26FN5O4S2/c1-29(2,3)34(4)26(36)17-8-6-16(7-9-17)25-32-19(15-40-25)14-38-22-10-18(30)11-23-20(22)12-24(39-23)21-13-31-27-35(21)33-28(37-5)41-27/h6-13,15H,14H2,1-5H3. The number of furan rings is 1. The summed E-state index contributed by atoms with van der Waals surface area (Å²) in [7, 11) is 3.34. The van der Waals surface area contributed by atoms with Crippen LogP contribution in [0.4, 0.5) is 4.39 Å². The quantitative estimate of drug-likeness (QED) is 0.199. The van der Waals surface area contributed by atoms with Crippen LogP contribution in [0.1, 0.15) is 36.8 Å². The second-order valence-electron chi connectivity index (χ2n) is 10.4. The van der Waals surface area contributed by atoms with Crippen molar-refractivity contribution in [1.82, 2.24) is 24.5 Å². The van der Waals surface area contributed by atoms with Crippen molar-refractivity contribution < 1.29 is 23.1 Å². The number of benzene rings is 2. The van der Waals surface area contributed by atoms with E-state index >= 15 is 0 Å². The fraction of sp³-hybridized carbons (Fsp3) is 0.241. The van der Waals surface area contributed by atoms with Crippen LogP contribution < -0.4 is 9.47 Å². The highest BCUT2D eigenvalue weighted by atomic mass is 32.1. The summed E-state index contributed by atoms with van der Waals surface area (Å²) in [5.74, 6) is 0.299. The van der Waals surface area contributed by atoms with E-state index < -0.39 is 5.82 Å². The van der Waals surface area contributed by atoms with Crippen LogP contribution in [0, 0.1) is 5.82 Å². The second-order valence-corrected chi connectivity index (χ2v) is 12.2. The maximum absolute atomic E-state index is 14.5. The van der Waals surface area contributed by atoms with Crippen LogP contribution in [0.2, 0.25) is 0 Å². The van der Waals surface area contributed by atoms with Crippen LogP contribution in [0.15, 0.2) is 58.5 Å². The first kappa shape index (κ1) is 26.9. The number of amides is 1.